The second kappa shape index (κ2) is 15.1. The van der Waals surface area contributed by atoms with Crippen LogP contribution < -0.4 is 39.2 Å². The summed E-state index contributed by atoms with van der Waals surface area (Å²) in [4.78, 5) is 37.9. The van der Waals surface area contributed by atoms with Gasteiger partial charge in [0.1, 0.15) is 0 Å². The number of esters is 1. The molecule has 0 unspecified atom stereocenters. The average molecular weight is 709 g/mol. The largest absolute Gasteiger partial charge is 0.493 e. The predicted octanol–water partition coefficient (Wildman–Crippen LogP) is 4.35. The summed E-state index contributed by atoms with van der Waals surface area (Å²) in [6.45, 7) is -0.352. The quantitative estimate of drug-likeness (QED) is 0.122. The number of carbonyl (C=O) groups is 3. The highest BCUT2D eigenvalue weighted by atomic mass is 79.9. The molecule has 3 rings (SSSR count). The van der Waals surface area contributed by atoms with Crippen molar-refractivity contribution in [2.24, 2.45) is 5.10 Å². The van der Waals surface area contributed by atoms with Gasteiger partial charge in [-0.3, -0.25) is 9.59 Å². The van der Waals surface area contributed by atoms with Crippen LogP contribution in [0.3, 0.4) is 0 Å². The molecule has 0 radical (unpaired) electrons. The number of hydrazone groups is 1. The number of rotatable bonds is 12. The molecule has 3 aromatic rings. The Morgan fingerprint density at radius 1 is 0.762 bits per heavy atom. The molecule has 0 aliphatic rings. The zero-order valence-electron chi connectivity index (χ0n) is 23.2. The second-order valence-corrected chi connectivity index (χ2v) is 9.93. The van der Waals surface area contributed by atoms with Crippen molar-refractivity contribution >= 4 is 55.9 Å². The summed E-state index contributed by atoms with van der Waals surface area (Å²) in [5, 5.41) is 6.44. The van der Waals surface area contributed by atoms with E-state index < -0.39 is 17.8 Å². The first-order chi connectivity index (χ1) is 20.1. The third-order valence-electron chi connectivity index (χ3n) is 5.58. The maximum absolute atomic E-state index is 13.1. The zero-order chi connectivity index (χ0) is 30.8. The molecule has 42 heavy (non-hydrogen) atoms. The van der Waals surface area contributed by atoms with Crippen LogP contribution in [-0.4, -0.2) is 66.1 Å². The van der Waals surface area contributed by atoms with Crippen LogP contribution in [0.15, 0.2) is 56.5 Å². The van der Waals surface area contributed by atoms with Crippen LogP contribution in [0.4, 0.5) is 0 Å². The second-order valence-electron chi connectivity index (χ2n) is 8.16. The topological polar surface area (TPSA) is 143 Å². The maximum Gasteiger partial charge on any atom is 0.343 e. The SMILES string of the molecule is COc1ccc(C(=O)NCC(=O)NN=Cc2cc(Br)cc(Br)c2OC(=O)c2cc(OC)c(OC)c(OC)c2)cc1OC. The van der Waals surface area contributed by atoms with Gasteiger partial charge in [0, 0.05) is 15.6 Å². The van der Waals surface area contributed by atoms with E-state index in [0.717, 1.165) is 0 Å². The van der Waals surface area contributed by atoms with Gasteiger partial charge in [-0.05, 0) is 58.4 Å². The first-order valence-electron chi connectivity index (χ1n) is 12.0. The number of methoxy groups -OCH3 is 5. The number of halogens is 2. The number of hydrogen-bond acceptors (Lipinski definition) is 10. The van der Waals surface area contributed by atoms with Crippen LogP contribution in [0, 0.1) is 0 Å². The van der Waals surface area contributed by atoms with E-state index in [0.29, 0.717) is 31.8 Å². The molecule has 2 N–H and O–H groups in total. The summed E-state index contributed by atoms with van der Waals surface area (Å²) in [7, 11) is 7.25. The first kappa shape index (κ1) is 32.2. The van der Waals surface area contributed by atoms with Crippen molar-refractivity contribution in [2.75, 3.05) is 42.1 Å². The van der Waals surface area contributed by atoms with E-state index >= 15 is 0 Å². The Labute approximate surface area is 258 Å². The number of amides is 2. The molecule has 0 saturated carbocycles. The van der Waals surface area contributed by atoms with E-state index in [9.17, 15) is 14.4 Å². The Hall–Kier alpha value is -4.30. The monoisotopic (exact) mass is 707 g/mol. The number of nitrogens with zero attached hydrogens (tertiary/aromatic N) is 1. The summed E-state index contributed by atoms with van der Waals surface area (Å²) in [5.41, 5.74) is 3.10. The molecule has 3 aromatic carbocycles. The number of ether oxygens (including phenoxy) is 6. The molecule has 2 amide bonds. The summed E-state index contributed by atoms with van der Waals surface area (Å²) in [6, 6.07) is 10.9. The molecule has 222 valence electrons. The Morgan fingerprint density at radius 3 is 1.98 bits per heavy atom. The van der Waals surface area contributed by atoms with Crippen molar-refractivity contribution in [3.05, 3.63) is 68.1 Å². The van der Waals surface area contributed by atoms with Gasteiger partial charge in [0.15, 0.2) is 28.7 Å². The van der Waals surface area contributed by atoms with Crippen molar-refractivity contribution in [3.8, 4) is 34.5 Å². The van der Waals surface area contributed by atoms with E-state index in [1.807, 2.05) is 0 Å². The normalized spacial score (nSPS) is 10.5. The molecule has 14 heteroatoms. The third kappa shape index (κ3) is 7.91. The lowest BCUT2D eigenvalue weighted by atomic mass is 10.1. The Morgan fingerprint density at radius 2 is 1.38 bits per heavy atom. The molecule has 0 atom stereocenters. The molecule has 0 saturated heterocycles. The summed E-state index contributed by atoms with van der Waals surface area (Å²) >= 11 is 6.78. The summed E-state index contributed by atoms with van der Waals surface area (Å²) < 4.78 is 33.0. The van der Waals surface area contributed by atoms with Gasteiger partial charge >= 0.3 is 5.97 Å². The van der Waals surface area contributed by atoms with Crippen molar-refractivity contribution < 1.29 is 42.8 Å². The highest BCUT2D eigenvalue weighted by Crippen LogP contribution is 2.39. The summed E-state index contributed by atoms with van der Waals surface area (Å²) in [6.07, 6.45) is 1.29. The molecule has 12 nitrogen and oxygen atoms in total. The molecule has 0 aliphatic heterocycles. The first-order valence-corrected chi connectivity index (χ1v) is 13.6. The molecule has 0 spiro atoms. The molecule has 0 heterocycles. The van der Waals surface area contributed by atoms with Crippen LogP contribution in [0.25, 0.3) is 0 Å². The van der Waals surface area contributed by atoms with Gasteiger partial charge in [-0.1, -0.05) is 15.9 Å². The number of benzene rings is 3. The number of nitrogens with one attached hydrogen (secondary N) is 2. The van der Waals surface area contributed by atoms with Gasteiger partial charge in [0.2, 0.25) is 5.75 Å². The van der Waals surface area contributed by atoms with E-state index in [1.54, 1.807) is 24.3 Å². The average Bonchev–Trinajstić information content (AvgIpc) is 2.99. The fraction of sp³-hybridized carbons (Fsp3) is 0.214. The minimum atomic E-state index is -0.714. The van der Waals surface area contributed by atoms with Gasteiger partial charge < -0.3 is 33.7 Å². The van der Waals surface area contributed by atoms with Crippen LogP contribution in [-0.2, 0) is 4.79 Å². The lowest BCUT2D eigenvalue weighted by molar-refractivity contribution is -0.120. The Balaban J connectivity index is 1.71. The Kier molecular flexibility index (Phi) is 11.6. The smallest absolute Gasteiger partial charge is 0.343 e. The summed E-state index contributed by atoms with van der Waals surface area (Å²) in [5.74, 6) is 0.0604. The molecule has 0 bridgehead atoms. The van der Waals surface area contributed by atoms with Gasteiger partial charge in [-0.25, -0.2) is 10.2 Å². The van der Waals surface area contributed by atoms with Crippen molar-refractivity contribution in [1.82, 2.24) is 10.7 Å². The third-order valence-corrected chi connectivity index (χ3v) is 6.63. The fourth-order valence-corrected chi connectivity index (χ4v) is 4.93. The van der Waals surface area contributed by atoms with Crippen molar-refractivity contribution in [2.45, 2.75) is 0 Å². The Bertz CT molecular complexity index is 1490. The van der Waals surface area contributed by atoms with Crippen molar-refractivity contribution in [3.63, 3.8) is 0 Å². The lowest BCUT2D eigenvalue weighted by Gasteiger charge is -2.15. The highest BCUT2D eigenvalue weighted by Gasteiger charge is 2.21. The van der Waals surface area contributed by atoms with Crippen LogP contribution in [0.5, 0.6) is 34.5 Å². The number of carbonyl (C=O) groups excluding carboxylic acids is 3. The standard InChI is InChI=1S/C28H27Br2N3O9/c1-37-20-7-6-15(9-21(20)38-2)27(35)31-14-24(34)33-32-13-17-8-18(29)12-19(30)25(17)42-28(36)16-10-22(39-3)26(41-5)23(11-16)40-4/h6-13H,14H2,1-5H3,(H,31,35)(H,33,34). The van der Waals surface area contributed by atoms with E-state index in [2.05, 4.69) is 47.7 Å². The molecular formula is C28H27Br2N3O9. The van der Waals surface area contributed by atoms with E-state index in [-0.39, 0.29) is 34.9 Å². The van der Waals surface area contributed by atoms with Gasteiger partial charge in [-0.2, -0.15) is 5.10 Å². The minimum Gasteiger partial charge on any atom is -0.493 e. The van der Waals surface area contributed by atoms with E-state index in [1.165, 1.54) is 60.0 Å². The van der Waals surface area contributed by atoms with Gasteiger partial charge in [0.05, 0.1) is 58.3 Å². The van der Waals surface area contributed by atoms with Crippen LogP contribution in [0.2, 0.25) is 0 Å². The molecule has 0 aliphatic carbocycles. The highest BCUT2D eigenvalue weighted by molar-refractivity contribution is 9.11. The zero-order valence-corrected chi connectivity index (χ0v) is 26.4. The maximum atomic E-state index is 13.1. The lowest BCUT2D eigenvalue weighted by Crippen LogP contribution is -2.34. The molecule has 0 fully saturated rings. The fourth-order valence-electron chi connectivity index (χ4n) is 3.59. The van der Waals surface area contributed by atoms with Crippen LogP contribution in [0.1, 0.15) is 26.3 Å². The molecular weight excluding hydrogens is 682 g/mol. The minimum absolute atomic E-state index is 0.136. The molecule has 0 aromatic heterocycles. The van der Waals surface area contributed by atoms with Gasteiger partial charge in [-0.15, -0.1) is 0 Å². The van der Waals surface area contributed by atoms with Gasteiger partial charge in [0.25, 0.3) is 11.8 Å². The van der Waals surface area contributed by atoms with Crippen molar-refractivity contribution in [1.29, 1.82) is 0 Å². The van der Waals surface area contributed by atoms with E-state index in [4.69, 9.17) is 28.4 Å². The predicted molar refractivity (Wildman–Crippen MR) is 161 cm³/mol. The van der Waals surface area contributed by atoms with Crippen LogP contribution >= 0.6 is 31.9 Å². The number of hydrogen-bond donors (Lipinski definition) is 2.